The molecule has 0 aliphatic heterocycles. The molecule has 5 atom stereocenters. The molecule has 0 aromatic heterocycles. The number of phosphoric acid groups is 2. The first-order chi connectivity index (χ1) is 26.2. The Labute approximate surface area is 327 Å². The van der Waals surface area contributed by atoms with Gasteiger partial charge in [-0.15, -0.1) is 0 Å². The second kappa shape index (κ2) is 33.1. The van der Waals surface area contributed by atoms with E-state index >= 15 is 0 Å². The van der Waals surface area contributed by atoms with E-state index in [1.54, 1.807) is 13.8 Å². The van der Waals surface area contributed by atoms with Crippen LogP contribution in [0.2, 0.25) is 0 Å². The molecule has 0 saturated carbocycles. The second-order valence-corrected chi connectivity index (χ2v) is 16.1. The van der Waals surface area contributed by atoms with Crippen molar-refractivity contribution in [3.63, 3.8) is 0 Å². The highest BCUT2D eigenvalue weighted by Crippen LogP contribution is 2.45. The van der Waals surface area contributed by atoms with Crippen LogP contribution < -0.4 is 0 Å². The van der Waals surface area contributed by atoms with Gasteiger partial charge in [0.25, 0.3) is 0 Å². The van der Waals surface area contributed by atoms with Crippen molar-refractivity contribution < 1.29 is 80.2 Å². The van der Waals surface area contributed by atoms with Crippen molar-refractivity contribution in [2.45, 2.75) is 168 Å². The molecule has 19 heteroatoms. The minimum atomic E-state index is -4.89. The van der Waals surface area contributed by atoms with Gasteiger partial charge in [0.2, 0.25) is 0 Å². The quantitative estimate of drug-likeness (QED) is 0.0247. The zero-order chi connectivity index (χ0) is 41.4. The maximum absolute atomic E-state index is 12.6. The highest BCUT2D eigenvalue weighted by Gasteiger charge is 2.30. The maximum atomic E-state index is 12.6. The fourth-order valence-corrected chi connectivity index (χ4v) is 6.34. The van der Waals surface area contributed by atoms with E-state index in [-0.39, 0.29) is 25.7 Å². The van der Waals surface area contributed by atoms with Crippen LogP contribution in [0.1, 0.15) is 150 Å². The number of rotatable bonds is 37. The number of hydrogen-bond acceptors (Lipinski definition) is 15. The summed E-state index contributed by atoms with van der Waals surface area (Å²) in [5, 5.41) is 10.2. The number of carbonyl (C=O) groups excluding carboxylic acids is 4. The van der Waals surface area contributed by atoms with Crippen molar-refractivity contribution in [1.82, 2.24) is 0 Å². The first kappa shape index (κ1) is 53.1. The first-order valence-electron chi connectivity index (χ1n) is 19.8. The number of aliphatic hydroxyl groups is 1. The highest BCUT2D eigenvalue weighted by molar-refractivity contribution is 7.47. The SMILES string of the molecule is CCCCCCCCCCC(=O)O[C@H](COC(=O)CCCCCCCC)COP(=O)(O)OC[C@H](O)COP(=O)(O)OC[C@@H](COC(=O)CC)OC(=O)CCC. The summed E-state index contributed by atoms with van der Waals surface area (Å²) in [4.78, 5) is 68.5. The van der Waals surface area contributed by atoms with Gasteiger partial charge >= 0.3 is 39.5 Å². The molecule has 0 aliphatic carbocycles. The summed E-state index contributed by atoms with van der Waals surface area (Å²) in [6.07, 6.45) is 10.7. The monoisotopic (exact) mass is 834 g/mol. The Morgan fingerprint density at radius 1 is 0.455 bits per heavy atom. The zero-order valence-corrected chi connectivity index (χ0v) is 35.2. The van der Waals surface area contributed by atoms with Gasteiger partial charge in [0, 0.05) is 25.7 Å². The molecule has 324 valence electrons. The van der Waals surface area contributed by atoms with Crippen LogP contribution in [0.25, 0.3) is 0 Å². The van der Waals surface area contributed by atoms with E-state index in [1.807, 2.05) is 0 Å². The maximum Gasteiger partial charge on any atom is 0.472 e. The summed E-state index contributed by atoms with van der Waals surface area (Å²) in [7, 11) is -9.76. The molecule has 55 heavy (non-hydrogen) atoms. The van der Waals surface area contributed by atoms with Crippen molar-refractivity contribution >= 4 is 39.5 Å². The number of aliphatic hydroxyl groups excluding tert-OH is 1. The number of unbranched alkanes of at least 4 members (excludes halogenated alkanes) is 12. The Morgan fingerprint density at radius 2 is 0.818 bits per heavy atom. The lowest BCUT2D eigenvalue weighted by molar-refractivity contribution is -0.161. The van der Waals surface area contributed by atoms with Crippen LogP contribution in [0, 0.1) is 0 Å². The molecule has 0 radical (unpaired) electrons. The van der Waals surface area contributed by atoms with E-state index in [1.165, 1.54) is 12.8 Å². The summed E-state index contributed by atoms with van der Waals surface area (Å²) >= 11 is 0. The number of hydrogen-bond donors (Lipinski definition) is 3. The lowest BCUT2D eigenvalue weighted by Crippen LogP contribution is -2.30. The number of phosphoric ester groups is 2. The smallest absolute Gasteiger partial charge is 0.462 e. The molecule has 0 amide bonds. The number of ether oxygens (including phenoxy) is 4. The van der Waals surface area contributed by atoms with Gasteiger partial charge in [0.1, 0.15) is 19.3 Å². The Balaban J connectivity index is 4.99. The summed E-state index contributed by atoms with van der Waals surface area (Å²) in [6, 6.07) is 0. The van der Waals surface area contributed by atoms with E-state index in [0.29, 0.717) is 19.3 Å². The van der Waals surface area contributed by atoms with Crippen molar-refractivity contribution in [3.8, 4) is 0 Å². The van der Waals surface area contributed by atoms with Gasteiger partial charge in [0.05, 0.1) is 26.4 Å². The lowest BCUT2D eigenvalue weighted by atomic mass is 10.1. The molecule has 0 heterocycles. The Hall–Kier alpha value is -1.94. The number of esters is 4. The van der Waals surface area contributed by atoms with Gasteiger partial charge in [-0.1, -0.05) is 105 Å². The van der Waals surface area contributed by atoms with E-state index in [9.17, 15) is 43.2 Å². The molecule has 2 unspecified atom stereocenters. The molecule has 0 rings (SSSR count). The van der Waals surface area contributed by atoms with Crippen LogP contribution in [0.4, 0.5) is 0 Å². The summed E-state index contributed by atoms with van der Waals surface area (Å²) in [5.41, 5.74) is 0. The van der Waals surface area contributed by atoms with Gasteiger partial charge in [-0.05, 0) is 19.3 Å². The van der Waals surface area contributed by atoms with E-state index in [2.05, 4.69) is 13.8 Å². The summed E-state index contributed by atoms with van der Waals surface area (Å²) < 4.78 is 65.0. The third-order valence-electron chi connectivity index (χ3n) is 7.88. The van der Waals surface area contributed by atoms with Gasteiger partial charge in [-0.3, -0.25) is 37.3 Å². The predicted molar refractivity (Wildman–Crippen MR) is 202 cm³/mol. The Bertz CT molecular complexity index is 1140. The summed E-state index contributed by atoms with van der Waals surface area (Å²) in [5.74, 6) is -2.34. The summed E-state index contributed by atoms with van der Waals surface area (Å²) in [6.45, 7) is 3.54. The molecule has 0 saturated heterocycles. The van der Waals surface area contributed by atoms with Crippen LogP contribution in [0.3, 0.4) is 0 Å². The van der Waals surface area contributed by atoms with E-state index in [0.717, 1.165) is 64.2 Å². The van der Waals surface area contributed by atoms with Crippen molar-refractivity contribution in [2.24, 2.45) is 0 Å². The van der Waals surface area contributed by atoms with Gasteiger partial charge in [0.15, 0.2) is 12.2 Å². The van der Waals surface area contributed by atoms with Crippen LogP contribution in [0.15, 0.2) is 0 Å². The standard InChI is InChI=1S/C36H68O17P2/c1-5-9-11-13-15-16-18-20-23-36(41)53-32(27-47-34(39)22-19-17-14-12-10-6-2)29-51-55(44,45)49-25-30(37)24-48-54(42,43)50-28-31(26-46-33(38)8-4)52-35(40)21-7-3/h30-32,37H,5-29H2,1-4H3,(H,42,43)(H,44,45)/t30-,31-,32-/m1/s1. The molecule has 17 nitrogen and oxygen atoms in total. The van der Waals surface area contributed by atoms with Crippen LogP contribution in [0.5, 0.6) is 0 Å². The van der Waals surface area contributed by atoms with E-state index in [4.69, 9.17) is 37.0 Å². The zero-order valence-electron chi connectivity index (χ0n) is 33.4. The van der Waals surface area contributed by atoms with E-state index < -0.39 is 97.5 Å². The average molecular weight is 835 g/mol. The molecule has 0 aromatic carbocycles. The fourth-order valence-electron chi connectivity index (χ4n) is 4.76. The first-order valence-corrected chi connectivity index (χ1v) is 22.8. The molecule has 0 spiro atoms. The van der Waals surface area contributed by atoms with Crippen molar-refractivity contribution in [3.05, 3.63) is 0 Å². The topological polar surface area (TPSA) is 237 Å². The van der Waals surface area contributed by atoms with Crippen LogP contribution in [-0.2, 0) is 65.4 Å². The average Bonchev–Trinajstić information content (AvgIpc) is 3.14. The third-order valence-corrected chi connectivity index (χ3v) is 9.78. The normalized spacial score (nSPS) is 15.3. The number of carbonyl (C=O) groups is 4. The third kappa shape index (κ3) is 32.8. The Morgan fingerprint density at radius 3 is 1.24 bits per heavy atom. The van der Waals surface area contributed by atoms with Crippen molar-refractivity contribution in [1.29, 1.82) is 0 Å². The molecule has 0 aliphatic rings. The van der Waals surface area contributed by atoms with Gasteiger partial charge in [-0.25, -0.2) is 9.13 Å². The lowest BCUT2D eigenvalue weighted by Gasteiger charge is -2.21. The minimum absolute atomic E-state index is 0.0477. The van der Waals surface area contributed by atoms with Gasteiger partial charge < -0.3 is 33.8 Å². The van der Waals surface area contributed by atoms with Crippen LogP contribution >= 0.6 is 15.6 Å². The van der Waals surface area contributed by atoms with Gasteiger partial charge in [-0.2, -0.15) is 0 Å². The molecule has 0 fully saturated rings. The minimum Gasteiger partial charge on any atom is -0.462 e. The Kier molecular flexibility index (Phi) is 31.9. The molecular weight excluding hydrogens is 766 g/mol. The molecule has 0 bridgehead atoms. The second-order valence-electron chi connectivity index (χ2n) is 13.2. The van der Waals surface area contributed by atoms with Crippen molar-refractivity contribution in [2.75, 3.05) is 39.6 Å². The predicted octanol–water partition coefficient (Wildman–Crippen LogP) is 7.02. The highest BCUT2D eigenvalue weighted by atomic mass is 31.2. The largest absolute Gasteiger partial charge is 0.472 e. The van der Waals surface area contributed by atoms with Crippen LogP contribution in [-0.4, -0.2) is 96.7 Å². The molecule has 3 N–H and O–H groups in total. The molecule has 0 aromatic rings. The molecular formula is C36H68O17P2. The fraction of sp³-hybridized carbons (Fsp3) is 0.889.